The Morgan fingerprint density at radius 3 is 1.50 bits per heavy atom. The van der Waals surface area contributed by atoms with Crippen molar-refractivity contribution in [1.29, 1.82) is 0 Å². The average molecular weight is 298 g/mol. The third-order valence-electron chi connectivity index (χ3n) is 3.64. The second-order valence-electron chi connectivity index (χ2n) is 5.12. The first kappa shape index (κ1) is 16.1. The molecule has 0 N–H and O–H groups in total. The number of ether oxygens (including phenoxy) is 2. The Hall–Kier alpha value is -2.29. The molecule has 0 radical (unpaired) electrons. The van der Waals surface area contributed by atoms with Crippen molar-refractivity contribution in [3.8, 4) is 11.5 Å². The number of carbonyl (C=O) groups excluding carboxylic acids is 1. The molecule has 3 nitrogen and oxygen atoms in total. The van der Waals surface area contributed by atoms with Crippen molar-refractivity contribution in [2.45, 2.75) is 25.7 Å². The average Bonchev–Trinajstić information content (AvgIpc) is 2.64. The quantitative estimate of drug-likeness (QED) is 0.741. The summed E-state index contributed by atoms with van der Waals surface area (Å²) >= 11 is 0. The summed E-state index contributed by atoms with van der Waals surface area (Å²) in [5, 5.41) is 0. The van der Waals surface area contributed by atoms with E-state index in [0.29, 0.717) is 0 Å². The van der Waals surface area contributed by atoms with Crippen molar-refractivity contribution in [1.82, 2.24) is 0 Å². The maximum atomic E-state index is 8.00. The normalized spacial score (nSPS) is 14.4. The number of fused-ring (bicyclic) bond motifs is 2. The fraction of sp³-hybridized carbons (Fsp3) is 0.316. The molecule has 2 aromatic carbocycles. The maximum absolute atomic E-state index is 8.00. The van der Waals surface area contributed by atoms with Crippen LogP contribution in [-0.2, 0) is 17.6 Å². The lowest BCUT2D eigenvalue weighted by Crippen LogP contribution is -2.07. The van der Waals surface area contributed by atoms with Crippen LogP contribution in [0.5, 0.6) is 11.5 Å². The summed E-state index contributed by atoms with van der Waals surface area (Å²) in [6.45, 7) is 3.77. The highest BCUT2D eigenvalue weighted by Crippen LogP contribution is 2.23. The second kappa shape index (κ2) is 8.88. The second-order valence-corrected chi connectivity index (χ2v) is 5.12. The third kappa shape index (κ3) is 4.35. The van der Waals surface area contributed by atoms with Gasteiger partial charge in [0.15, 0.2) is 0 Å². The number of benzene rings is 2. The third-order valence-corrected chi connectivity index (χ3v) is 3.64. The SMILES string of the molecule is C=O.c1ccc2c(c1)CCCO2.c1ccc2c(c1)CCCO2. The van der Waals surface area contributed by atoms with Gasteiger partial charge in [-0.2, -0.15) is 0 Å². The van der Waals surface area contributed by atoms with E-state index in [1.807, 2.05) is 31.1 Å². The zero-order chi connectivity index (χ0) is 15.6. The summed E-state index contributed by atoms with van der Waals surface area (Å²) in [4.78, 5) is 8.00. The Bertz CT molecular complexity index is 479. The lowest BCUT2D eigenvalue weighted by Gasteiger charge is -2.15. The Morgan fingerprint density at radius 2 is 1.09 bits per heavy atom. The van der Waals surface area contributed by atoms with Crippen molar-refractivity contribution in [2.75, 3.05) is 13.2 Å². The van der Waals surface area contributed by atoms with E-state index in [2.05, 4.69) is 24.3 Å². The Balaban J connectivity index is 0.000000144. The largest absolute Gasteiger partial charge is 0.493 e. The zero-order valence-corrected chi connectivity index (χ0v) is 12.8. The van der Waals surface area contributed by atoms with Gasteiger partial charge < -0.3 is 14.3 Å². The summed E-state index contributed by atoms with van der Waals surface area (Å²) in [7, 11) is 0. The summed E-state index contributed by atoms with van der Waals surface area (Å²) < 4.78 is 10.8. The van der Waals surface area contributed by atoms with E-state index >= 15 is 0 Å². The summed E-state index contributed by atoms with van der Waals surface area (Å²) in [5.74, 6) is 2.16. The Morgan fingerprint density at radius 1 is 0.682 bits per heavy atom. The summed E-state index contributed by atoms with van der Waals surface area (Å²) in [6.07, 6.45) is 4.68. The van der Waals surface area contributed by atoms with E-state index in [0.717, 1.165) is 37.6 Å². The lowest BCUT2D eigenvalue weighted by molar-refractivity contribution is -0.0979. The van der Waals surface area contributed by atoms with Gasteiger partial charge in [0.05, 0.1) is 13.2 Å². The fourth-order valence-corrected chi connectivity index (χ4v) is 2.59. The van der Waals surface area contributed by atoms with Crippen molar-refractivity contribution >= 4 is 6.79 Å². The van der Waals surface area contributed by atoms with Crippen LogP contribution in [0.2, 0.25) is 0 Å². The van der Waals surface area contributed by atoms with Crippen LogP contribution in [0.15, 0.2) is 48.5 Å². The van der Waals surface area contributed by atoms with Gasteiger partial charge >= 0.3 is 0 Å². The van der Waals surface area contributed by atoms with Gasteiger partial charge in [-0.1, -0.05) is 36.4 Å². The minimum Gasteiger partial charge on any atom is -0.493 e. The molecule has 0 amide bonds. The van der Waals surface area contributed by atoms with Crippen LogP contribution in [0, 0.1) is 0 Å². The standard InChI is InChI=1S/2C9H10O.CH2O/c2*1-2-6-9-8(4-1)5-3-7-10-9;1-2/h2*1-2,4,6H,3,5,7H2;1H2. The molecule has 2 aliphatic heterocycles. The molecule has 116 valence electrons. The highest BCUT2D eigenvalue weighted by atomic mass is 16.5. The van der Waals surface area contributed by atoms with Gasteiger partial charge in [0, 0.05) is 0 Å². The molecule has 22 heavy (non-hydrogen) atoms. The van der Waals surface area contributed by atoms with Crippen LogP contribution >= 0.6 is 0 Å². The molecular weight excluding hydrogens is 276 g/mol. The summed E-state index contributed by atoms with van der Waals surface area (Å²) in [6, 6.07) is 16.5. The number of aryl methyl sites for hydroxylation is 2. The first-order valence-corrected chi connectivity index (χ1v) is 7.64. The van der Waals surface area contributed by atoms with E-state index in [1.54, 1.807) is 0 Å². The molecule has 4 rings (SSSR count). The molecule has 2 heterocycles. The minimum absolute atomic E-state index is 0.886. The van der Waals surface area contributed by atoms with Crippen LogP contribution in [0.3, 0.4) is 0 Å². The molecule has 0 saturated carbocycles. The van der Waals surface area contributed by atoms with Gasteiger partial charge in [0.1, 0.15) is 18.3 Å². The lowest BCUT2D eigenvalue weighted by atomic mass is 10.1. The van der Waals surface area contributed by atoms with E-state index in [4.69, 9.17) is 14.3 Å². The molecule has 2 aliphatic rings. The molecule has 2 aromatic rings. The smallest absolute Gasteiger partial charge is 0.122 e. The highest BCUT2D eigenvalue weighted by molar-refractivity contribution is 5.35. The molecule has 0 aromatic heterocycles. The number of rotatable bonds is 0. The van der Waals surface area contributed by atoms with E-state index in [9.17, 15) is 0 Å². The highest BCUT2D eigenvalue weighted by Gasteiger charge is 2.07. The fourth-order valence-electron chi connectivity index (χ4n) is 2.59. The van der Waals surface area contributed by atoms with Crippen LogP contribution < -0.4 is 9.47 Å². The first-order valence-electron chi connectivity index (χ1n) is 7.64. The minimum atomic E-state index is 0.886. The van der Waals surface area contributed by atoms with E-state index in [1.165, 1.54) is 24.0 Å². The van der Waals surface area contributed by atoms with Gasteiger partial charge in [-0.15, -0.1) is 0 Å². The van der Waals surface area contributed by atoms with Crippen molar-refractivity contribution in [3.05, 3.63) is 59.7 Å². The van der Waals surface area contributed by atoms with Crippen molar-refractivity contribution < 1.29 is 14.3 Å². The van der Waals surface area contributed by atoms with Crippen molar-refractivity contribution in [3.63, 3.8) is 0 Å². The van der Waals surface area contributed by atoms with Gasteiger partial charge in [-0.3, -0.25) is 0 Å². The van der Waals surface area contributed by atoms with E-state index in [-0.39, 0.29) is 0 Å². The van der Waals surface area contributed by atoms with Gasteiger partial charge in [-0.25, -0.2) is 0 Å². The number of para-hydroxylation sites is 2. The molecule has 0 bridgehead atoms. The van der Waals surface area contributed by atoms with E-state index < -0.39 is 0 Å². The van der Waals surface area contributed by atoms with Crippen LogP contribution in [0.4, 0.5) is 0 Å². The molecule has 0 atom stereocenters. The predicted octanol–water partition coefficient (Wildman–Crippen LogP) is 3.84. The Labute approximate surface area is 131 Å². The van der Waals surface area contributed by atoms with Crippen LogP contribution in [-0.4, -0.2) is 20.0 Å². The van der Waals surface area contributed by atoms with Crippen LogP contribution in [0.25, 0.3) is 0 Å². The number of hydrogen-bond acceptors (Lipinski definition) is 3. The van der Waals surface area contributed by atoms with Crippen molar-refractivity contribution in [2.24, 2.45) is 0 Å². The number of carbonyl (C=O) groups is 1. The van der Waals surface area contributed by atoms with Crippen LogP contribution in [0.1, 0.15) is 24.0 Å². The van der Waals surface area contributed by atoms with Gasteiger partial charge in [-0.05, 0) is 48.9 Å². The molecule has 0 fully saturated rings. The van der Waals surface area contributed by atoms with Gasteiger partial charge in [0.25, 0.3) is 0 Å². The molecule has 3 heteroatoms. The zero-order valence-electron chi connectivity index (χ0n) is 12.8. The topological polar surface area (TPSA) is 35.5 Å². The predicted molar refractivity (Wildman–Crippen MR) is 87.6 cm³/mol. The Kier molecular flexibility index (Phi) is 6.49. The number of hydrogen-bond donors (Lipinski definition) is 0. The monoisotopic (exact) mass is 298 g/mol. The maximum Gasteiger partial charge on any atom is 0.122 e. The molecule has 0 unspecified atom stereocenters. The molecular formula is C19H22O3. The molecule has 0 aliphatic carbocycles. The summed E-state index contributed by atoms with van der Waals surface area (Å²) in [5.41, 5.74) is 2.71. The molecule has 0 spiro atoms. The molecule has 0 saturated heterocycles. The van der Waals surface area contributed by atoms with Gasteiger partial charge in [0.2, 0.25) is 0 Å². The first-order chi connectivity index (χ1) is 10.9.